The summed E-state index contributed by atoms with van der Waals surface area (Å²) in [7, 11) is 0. The van der Waals surface area contributed by atoms with Gasteiger partial charge in [-0.15, -0.1) is 0 Å². The summed E-state index contributed by atoms with van der Waals surface area (Å²) in [5.41, 5.74) is 1.26. The van der Waals surface area contributed by atoms with Crippen molar-refractivity contribution in [3.05, 3.63) is 34.3 Å². The fourth-order valence-electron chi connectivity index (χ4n) is 4.31. The summed E-state index contributed by atoms with van der Waals surface area (Å²) >= 11 is 0. The highest BCUT2D eigenvalue weighted by atomic mass is 16.5. The SMILES string of the molecule is CCOC(=O)C1CCN(C(=O)Cn2c(=O)oc3ccc(C(=O)N4CCCC4)cc32)CC1. The first-order valence-corrected chi connectivity index (χ1v) is 10.8. The lowest BCUT2D eigenvalue weighted by Crippen LogP contribution is -2.42. The van der Waals surface area contributed by atoms with Crippen LogP contribution in [0.2, 0.25) is 0 Å². The van der Waals surface area contributed by atoms with Gasteiger partial charge in [0.25, 0.3) is 5.91 Å². The lowest BCUT2D eigenvalue weighted by atomic mass is 9.97. The molecule has 2 aliphatic rings. The van der Waals surface area contributed by atoms with Crippen molar-refractivity contribution in [2.24, 2.45) is 5.92 Å². The van der Waals surface area contributed by atoms with Crippen LogP contribution >= 0.6 is 0 Å². The van der Waals surface area contributed by atoms with E-state index >= 15 is 0 Å². The first-order valence-electron chi connectivity index (χ1n) is 10.8. The summed E-state index contributed by atoms with van der Waals surface area (Å²) in [4.78, 5) is 53.2. The van der Waals surface area contributed by atoms with Crippen LogP contribution in [0.3, 0.4) is 0 Å². The Labute approximate surface area is 179 Å². The standard InChI is InChI=1S/C22H27N3O6/c1-2-30-21(28)15-7-11-23(12-8-15)19(26)14-25-17-13-16(5-6-18(17)31-22(25)29)20(27)24-9-3-4-10-24/h5-6,13,15H,2-4,7-12,14H2,1H3. The van der Waals surface area contributed by atoms with Crippen molar-refractivity contribution in [3.8, 4) is 0 Å². The first kappa shape index (κ1) is 21.1. The fraction of sp³-hybridized carbons (Fsp3) is 0.545. The Morgan fingerprint density at radius 2 is 1.77 bits per heavy atom. The molecule has 166 valence electrons. The van der Waals surface area contributed by atoms with Crippen molar-refractivity contribution in [3.63, 3.8) is 0 Å². The largest absolute Gasteiger partial charge is 0.466 e. The second-order valence-electron chi connectivity index (χ2n) is 8.04. The minimum Gasteiger partial charge on any atom is -0.466 e. The van der Waals surface area contributed by atoms with E-state index < -0.39 is 5.76 Å². The summed E-state index contributed by atoms with van der Waals surface area (Å²) in [6, 6.07) is 4.88. The number of oxazole rings is 1. The summed E-state index contributed by atoms with van der Waals surface area (Å²) in [5.74, 6) is -1.34. The third-order valence-electron chi connectivity index (χ3n) is 6.07. The molecule has 2 fully saturated rings. The molecule has 0 aliphatic carbocycles. The van der Waals surface area contributed by atoms with Gasteiger partial charge in [0.15, 0.2) is 5.58 Å². The van der Waals surface area contributed by atoms with Crippen LogP contribution in [0.1, 0.15) is 43.0 Å². The second kappa shape index (κ2) is 8.95. The molecule has 3 heterocycles. The van der Waals surface area contributed by atoms with Gasteiger partial charge in [0.2, 0.25) is 5.91 Å². The highest BCUT2D eigenvalue weighted by Crippen LogP contribution is 2.21. The number of nitrogens with zero attached hydrogens (tertiary/aromatic N) is 3. The number of fused-ring (bicyclic) bond motifs is 1. The van der Waals surface area contributed by atoms with Gasteiger partial charge in [-0.2, -0.15) is 0 Å². The Morgan fingerprint density at radius 1 is 1.06 bits per heavy atom. The van der Waals surface area contributed by atoms with Crippen molar-refractivity contribution < 1.29 is 23.5 Å². The van der Waals surface area contributed by atoms with Gasteiger partial charge in [0.05, 0.1) is 18.0 Å². The van der Waals surface area contributed by atoms with Crippen LogP contribution in [0, 0.1) is 5.92 Å². The Morgan fingerprint density at radius 3 is 2.45 bits per heavy atom. The molecule has 0 atom stereocenters. The van der Waals surface area contributed by atoms with Crippen LogP contribution in [-0.2, 0) is 20.9 Å². The number of rotatable bonds is 5. The summed E-state index contributed by atoms with van der Waals surface area (Å²) in [6.07, 6.45) is 3.07. The van der Waals surface area contributed by atoms with Crippen LogP contribution in [0.25, 0.3) is 11.1 Å². The van der Waals surface area contributed by atoms with Crippen LogP contribution in [0.5, 0.6) is 0 Å². The van der Waals surface area contributed by atoms with Gasteiger partial charge in [0, 0.05) is 31.7 Å². The van der Waals surface area contributed by atoms with Gasteiger partial charge in [-0.05, 0) is 50.8 Å². The maximum atomic E-state index is 12.8. The third kappa shape index (κ3) is 4.35. The van der Waals surface area contributed by atoms with E-state index in [-0.39, 0.29) is 30.2 Å². The van der Waals surface area contributed by atoms with Crippen LogP contribution in [0.15, 0.2) is 27.4 Å². The second-order valence-corrected chi connectivity index (χ2v) is 8.04. The predicted molar refractivity (Wildman–Crippen MR) is 112 cm³/mol. The molecule has 0 unspecified atom stereocenters. The maximum absolute atomic E-state index is 12.8. The highest BCUT2D eigenvalue weighted by molar-refractivity contribution is 5.97. The number of ether oxygens (including phenoxy) is 1. The lowest BCUT2D eigenvalue weighted by Gasteiger charge is -2.30. The molecule has 1 aromatic carbocycles. The fourth-order valence-corrected chi connectivity index (χ4v) is 4.31. The smallest absolute Gasteiger partial charge is 0.420 e. The van der Waals surface area contributed by atoms with Gasteiger partial charge in [0.1, 0.15) is 6.54 Å². The van der Waals surface area contributed by atoms with Crippen molar-refractivity contribution in [2.45, 2.75) is 39.2 Å². The number of carbonyl (C=O) groups excluding carboxylic acids is 3. The van der Waals surface area contributed by atoms with Crippen molar-refractivity contribution >= 4 is 28.9 Å². The minimum atomic E-state index is -0.629. The number of likely N-dealkylation sites (tertiary alicyclic amines) is 2. The molecule has 2 saturated heterocycles. The van der Waals surface area contributed by atoms with Crippen molar-refractivity contribution in [2.75, 3.05) is 32.8 Å². The molecule has 9 heteroatoms. The normalized spacial score (nSPS) is 17.3. The molecule has 0 N–H and O–H groups in total. The van der Waals surface area contributed by atoms with E-state index in [0.29, 0.717) is 49.2 Å². The summed E-state index contributed by atoms with van der Waals surface area (Å²) in [6.45, 7) is 4.28. The molecule has 2 aliphatic heterocycles. The molecule has 2 aromatic rings. The molecule has 0 saturated carbocycles. The molecule has 2 amide bonds. The zero-order chi connectivity index (χ0) is 22.0. The molecule has 31 heavy (non-hydrogen) atoms. The van der Waals surface area contributed by atoms with E-state index in [9.17, 15) is 19.2 Å². The zero-order valence-electron chi connectivity index (χ0n) is 17.7. The van der Waals surface area contributed by atoms with E-state index in [1.807, 2.05) is 0 Å². The number of amides is 2. The average molecular weight is 429 g/mol. The summed E-state index contributed by atoms with van der Waals surface area (Å²) in [5, 5.41) is 0. The number of carbonyl (C=O) groups is 3. The quantitative estimate of drug-likeness (QED) is 0.670. The van der Waals surface area contributed by atoms with Crippen molar-refractivity contribution in [1.29, 1.82) is 0 Å². The third-order valence-corrected chi connectivity index (χ3v) is 6.07. The molecule has 9 nitrogen and oxygen atoms in total. The minimum absolute atomic E-state index is 0.0769. The average Bonchev–Trinajstić information content (AvgIpc) is 3.42. The molecule has 0 bridgehead atoms. The van der Waals surface area contributed by atoms with Gasteiger partial charge < -0.3 is 19.0 Å². The maximum Gasteiger partial charge on any atom is 0.420 e. The molecular weight excluding hydrogens is 402 g/mol. The first-order chi connectivity index (χ1) is 15.0. The molecule has 4 rings (SSSR count). The number of esters is 1. The molecule has 0 radical (unpaired) electrons. The Hall–Kier alpha value is -3.10. The van der Waals surface area contributed by atoms with E-state index in [1.54, 1.807) is 34.9 Å². The van der Waals surface area contributed by atoms with Gasteiger partial charge >= 0.3 is 11.7 Å². The van der Waals surface area contributed by atoms with E-state index in [4.69, 9.17) is 9.15 Å². The monoisotopic (exact) mass is 429 g/mol. The molecular formula is C22H27N3O6. The lowest BCUT2D eigenvalue weighted by molar-refractivity contribution is -0.151. The Kier molecular flexibility index (Phi) is 6.11. The van der Waals surface area contributed by atoms with E-state index in [1.165, 1.54) is 4.57 Å². The van der Waals surface area contributed by atoms with Crippen molar-refractivity contribution in [1.82, 2.24) is 14.4 Å². The van der Waals surface area contributed by atoms with E-state index in [2.05, 4.69) is 0 Å². The zero-order valence-corrected chi connectivity index (χ0v) is 17.7. The molecule has 1 aromatic heterocycles. The number of piperidine rings is 1. The van der Waals surface area contributed by atoms with Crippen LogP contribution in [-0.4, -0.2) is 64.9 Å². The molecule has 0 spiro atoms. The number of benzene rings is 1. The number of aromatic nitrogens is 1. The topological polar surface area (TPSA) is 102 Å². The predicted octanol–water partition coefficient (Wildman–Crippen LogP) is 1.63. The van der Waals surface area contributed by atoms with Gasteiger partial charge in [-0.3, -0.25) is 19.0 Å². The number of hydrogen-bond acceptors (Lipinski definition) is 6. The van der Waals surface area contributed by atoms with Gasteiger partial charge in [-0.25, -0.2) is 4.79 Å². The Bertz CT molecular complexity index is 1040. The Balaban J connectivity index is 1.48. The highest BCUT2D eigenvalue weighted by Gasteiger charge is 2.29. The number of hydrogen-bond donors (Lipinski definition) is 0. The van der Waals surface area contributed by atoms with E-state index in [0.717, 1.165) is 25.9 Å². The van der Waals surface area contributed by atoms with Crippen LogP contribution < -0.4 is 5.76 Å². The van der Waals surface area contributed by atoms with Gasteiger partial charge in [-0.1, -0.05) is 0 Å². The summed E-state index contributed by atoms with van der Waals surface area (Å²) < 4.78 is 11.6. The van der Waals surface area contributed by atoms with Crippen LogP contribution in [0.4, 0.5) is 0 Å².